The summed E-state index contributed by atoms with van der Waals surface area (Å²) in [5, 5.41) is 3.09. The molecule has 2 aromatic carbocycles. The normalized spacial score (nSPS) is 10.7. The maximum absolute atomic E-state index is 5.79. The molecule has 3 aromatic rings. The summed E-state index contributed by atoms with van der Waals surface area (Å²) in [4.78, 5) is 0. The zero-order valence-corrected chi connectivity index (χ0v) is 11.5. The zero-order valence-electron chi connectivity index (χ0n) is 11.5. The van der Waals surface area contributed by atoms with E-state index in [1.165, 1.54) is 11.1 Å². The van der Waals surface area contributed by atoms with E-state index in [4.69, 9.17) is 4.42 Å². The van der Waals surface area contributed by atoms with Gasteiger partial charge >= 0.3 is 0 Å². The molecular weight excluding hydrogens is 246 g/mol. The monoisotopic (exact) mass is 263 g/mol. The SMILES string of the molecule is CNCc1ccc(-c2ccc(-c3ccccc3)cc2)o1. The molecule has 100 valence electrons. The molecule has 2 nitrogen and oxygen atoms in total. The lowest BCUT2D eigenvalue weighted by molar-refractivity contribution is 0.507. The van der Waals surface area contributed by atoms with E-state index in [1.807, 2.05) is 25.2 Å². The molecule has 3 rings (SSSR count). The summed E-state index contributed by atoms with van der Waals surface area (Å²) in [6.45, 7) is 0.752. The van der Waals surface area contributed by atoms with Gasteiger partial charge in [-0.15, -0.1) is 0 Å². The highest BCUT2D eigenvalue weighted by Gasteiger charge is 2.04. The summed E-state index contributed by atoms with van der Waals surface area (Å²) >= 11 is 0. The Hall–Kier alpha value is -2.32. The standard InChI is InChI=1S/C18H17NO/c1-19-13-17-11-12-18(20-17)16-9-7-15(8-10-16)14-5-3-2-4-6-14/h2-12,19H,13H2,1H3. The summed E-state index contributed by atoms with van der Waals surface area (Å²) < 4.78 is 5.79. The Morgan fingerprint density at radius 2 is 1.40 bits per heavy atom. The number of hydrogen-bond acceptors (Lipinski definition) is 2. The van der Waals surface area contributed by atoms with Crippen LogP contribution in [0.15, 0.2) is 71.1 Å². The van der Waals surface area contributed by atoms with Gasteiger partial charge in [0.25, 0.3) is 0 Å². The van der Waals surface area contributed by atoms with Crippen molar-refractivity contribution in [2.75, 3.05) is 7.05 Å². The lowest BCUT2D eigenvalue weighted by Crippen LogP contribution is -2.03. The maximum atomic E-state index is 5.79. The first kappa shape index (κ1) is 12.7. The van der Waals surface area contributed by atoms with Crippen molar-refractivity contribution in [2.24, 2.45) is 0 Å². The molecule has 0 aliphatic carbocycles. The lowest BCUT2D eigenvalue weighted by Gasteiger charge is -2.03. The largest absolute Gasteiger partial charge is 0.460 e. The Labute approximate surface area is 119 Å². The first-order chi connectivity index (χ1) is 9.86. The van der Waals surface area contributed by atoms with Crippen LogP contribution in [0.1, 0.15) is 5.76 Å². The van der Waals surface area contributed by atoms with Crippen LogP contribution in [0.2, 0.25) is 0 Å². The minimum Gasteiger partial charge on any atom is -0.460 e. The first-order valence-electron chi connectivity index (χ1n) is 6.76. The van der Waals surface area contributed by atoms with Crippen molar-refractivity contribution in [2.45, 2.75) is 6.54 Å². The molecular formula is C18H17NO. The van der Waals surface area contributed by atoms with E-state index >= 15 is 0 Å². The predicted octanol–water partition coefficient (Wildman–Crippen LogP) is 4.33. The summed E-state index contributed by atoms with van der Waals surface area (Å²) in [7, 11) is 1.91. The van der Waals surface area contributed by atoms with Gasteiger partial charge in [0, 0.05) is 5.56 Å². The fourth-order valence-corrected chi connectivity index (χ4v) is 2.26. The molecule has 1 aromatic heterocycles. The Morgan fingerprint density at radius 3 is 2.10 bits per heavy atom. The van der Waals surface area contributed by atoms with Crippen molar-refractivity contribution in [3.05, 3.63) is 72.5 Å². The van der Waals surface area contributed by atoms with Crippen LogP contribution in [0, 0.1) is 0 Å². The minimum atomic E-state index is 0.752. The van der Waals surface area contributed by atoms with E-state index < -0.39 is 0 Å². The molecule has 0 fully saturated rings. The fraction of sp³-hybridized carbons (Fsp3) is 0.111. The second kappa shape index (κ2) is 5.76. The van der Waals surface area contributed by atoms with Crippen LogP contribution >= 0.6 is 0 Å². The molecule has 0 unspecified atom stereocenters. The molecule has 0 radical (unpaired) electrons. The van der Waals surface area contributed by atoms with Gasteiger partial charge in [0.15, 0.2) is 0 Å². The van der Waals surface area contributed by atoms with E-state index in [2.05, 4.69) is 53.8 Å². The average molecular weight is 263 g/mol. The van der Waals surface area contributed by atoms with Gasteiger partial charge in [0.1, 0.15) is 11.5 Å². The van der Waals surface area contributed by atoms with Crippen LogP contribution < -0.4 is 5.32 Å². The Kier molecular flexibility index (Phi) is 3.66. The summed E-state index contributed by atoms with van der Waals surface area (Å²) in [6.07, 6.45) is 0. The summed E-state index contributed by atoms with van der Waals surface area (Å²) in [5.41, 5.74) is 3.55. The van der Waals surface area contributed by atoms with Crippen LogP contribution in [-0.2, 0) is 6.54 Å². The molecule has 0 amide bonds. The van der Waals surface area contributed by atoms with E-state index in [0.29, 0.717) is 0 Å². The van der Waals surface area contributed by atoms with Crippen molar-refractivity contribution in [1.29, 1.82) is 0 Å². The van der Waals surface area contributed by atoms with E-state index in [0.717, 1.165) is 23.6 Å². The average Bonchev–Trinajstić information content (AvgIpc) is 2.97. The third-order valence-corrected chi connectivity index (χ3v) is 3.29. The molecule has 2 heteroatoms. The van der Waals surface area contributed by atoms with Crippen LogP contribution in [0.3, 0.4) is 0 Å². The van der Waals surface area contributed by atoms with Crippen molar-refractivity contribution in [1.82, 2.24) is 5.32 Å². The third-order valence-electron chi connectivity index (χ3n) is 3.29. The second-order valence-corrected chi connectivity index (χ2v) is 4.74. The first-order valence-corrected chi connectivity index (χ1v) is 6.76. The number of benzene rings is 2. The molecule has 1 heterocycles. The highest BCUT2D eigenvalue weighted by atomic mass is 16.3. The van der Waals surface area contributed by atoms with Crippen molar-refractivity contribution < 1.29 is 4.42 Å². The number of hydrogen-bond donors (Lipinski definition) is 1. The third kappa shape index (κ3) is 2.65. The smallest absolute Gasteiger partial charge is 0.134 e. The molecule has 1 N–H and O–H groups in total. The molecule has 0 saturated heterocycles. The van der Waals surface area contributed by atoms with Crippen molar-refractivity contribution in [3.8, 4) is 22.5 Å². The van der Waals surface area contributed by atoms with Crippen molar-refractivity contribution >= 4 is 0 Å². The van der Waals surface area contributed by atoms with E-state index in [-0.39, 0.29) is 0 Å². The summed E-state index contributed by atoms with van der Waals surface area (Å²) in [6, 6.07) is 22.9. The Morgan fingerprint density at radius 1 is 0.750 bits per heavy atom. The minimum absolute atomic E-state index is 0.752. The molecule has 0 atom stereocenters. The number of furan rings is 1. The fourth-order valence-electron chi connectivity index (χ4n) is 2.26. The Balaban J connectivity index is 1.85. The van der Waals surface area contributed by atoms with Crippen LogP contribution in [0.4, 0.5) is 0 Å². The quantitative estimate of drug-likeness (QED) is 0.757. The molecule has 0 spiro atoms. The molecule has 0 aliphatic rings. The van der Waals surface area contributed by atoms with Crippen LogP contribution in [0.5, 0.6) is 0 Å². The van der Waals surface area contributed by atoms with Gasteiger partial charge in [-0.3, -0.25) is 0 Å². The molecule has 0 bridgehead atoms. The van der Waals surface area contributed by atoms with Crippen molar-refractivity contribution in [3.63, 3.8) is 0 Å². The van der Waals surface area contributed by atoms with Crippen LogP contribution in [-0.4, -0.2) is 7.05 Å². The Bertz CT molecular complexity index is 668. The van der Waals surface area contributed by atoms with Gasteiger partial charge < -0.3 is 9.73 Å². The number of rotatable bonds is 4. The molecule has 20 heavy (non-hydrogen) atoms. The topological polar surface area (TPSA) is 25.2 Å². The highest BCUT2D eigenvalue weighted by Crippen LogP contribution is 2.26. The van der Waals surface area contributed by atoms with Gasteiger partial charge in [-0.05, 0) is 30.3 Å². The second-order valence-electron chi connectivity index (χ2n) is 4.74. The lowest BCUT2D eigenvalue weighted by atomic mass is 10.0. The van der Waals surface area contributed by atoms with Gasteiger partial charge in [-0.25, -0.2) is 0 Å². The van der Waals surface area contributed by atoms with Crippen LogP contribution in [0.25, 0.3) is 22.5 Å². The van der Waals surface area contributed by atoms with E-state index in [1.54, 1.807) is 0 Å². The van der Waals surface area contributed by atoms with Gasteiger partial charge in [-0.1, -0.05) is 54.6 Å². The highest BCUT2D eigenvalue weighted by molar-refractivity contribution is 5.68. The number of nitrogens with one attached hydrogen (secondary N) is 1. The molecule has 0 saturated carbocycles. The predicted molar refractivity (Wildman–Crippen MR) is 82.3 cm³/mol. The summed E-state index contributed by atoms with van der Waals surface area (Å²) in [5.74, 6) is 1.87. The van der Waals surface area contributed by atoms with Gasteiger partial charge in [0.2, 0.25) is 0 Å². The maximum Gasteiger partial charge on any atom is 0.134 e. The van der Waals surface area contributed by atoms with Gasteiger partial charge in [0.05, 0.1) is 6.54 Å². The van der Waals surface area contributed by atoms with Gasteiger partial charge in [-0.2, -0.15) is 0 Å². The van der Waals surface area contributed by atoms with E-state index in [9.17, 15) is 0 Å². The molecule has 0 aliphatic heterocycles. The zero-order chi connectivity index (χ0) is 13.8.